The Kier molecular flexibility index (Phi) is 4.87. The first-order chi connectivity index (χ1) is 11.7. The molecule has 0 fully saturated rings. The van der Waals surface area contributed by atoms with Crippen LogP contribution in [-0.2, 0) is 4.79 Å². The smallest absolute Gasteiger partial charge is 0.239 e. The minimum Gasteiger partial charge on any atom is -0.308 e. The van der Waals surface area contributed by atoms with E-state index >= 15 is 0 Å². The Balaban J connectivity index is 1.53. The van der Waals surface area contributed by atoms with Crippen molar-refractivity contribution >= 4 is 11.7 Å². The summed E-state index contributed by atoms with van der Waals surface area (Å²) in [6.07, 6.45) is 7.73. The third-order valence-corrected chi connectivity index (χ3v) is 3.48. The lowest BCUT2D eigenvalue weighted by Gasteiger charge is -2.14. The van der Waals surface area contributed by atoms with Gasteiger partial charge in [-0.05, 0) is 24.6 Å². The first kappa shape index (κ1) is 15.8. The minimum absolute atomic E-state index is 0.0300. The number of anilines is 1. The molecule has 1 aromatic carbocycles. The van der Waals surface area contributed by atoms with Crippen molar-refractivity contribution < 1.29 is 4.79 Å². The van der Waals surface area contributed by atoms with Gasteiger partial charge in [0.25, 0.3) is 0 Å². The molecule has 122 valence electrons. The zero-order valence-electron chi connectivity index (χ0n) is 13.1. The molecule has 0 unspecified atom stereocenters. The van der Waals surface area contributed by atoms with Gasteiger partial charge in [-0.1, -0.05) is 12.1 Å². The molecular weight excluding hydrogens is 306 g/mol. The maximum absolute atomic E-state index is 11.9. The average molecular weight is 323 g/mol. The van der Waals surface area contributed by atoms with Crippen LogP contribution in [0.1, 0.15) is 18.5 Å². The number of benzene rings is 1. The van der Waals surface area contributed by atoms with Crippen LogP contribution >= 0.6 is 0 Å². The van der Waals surface area contributed by atoms with E-state index in [2.05, 4.69) is 30.7 Å². The fourth-order valence-corrected chi connectivity index (χ4v) is 2.17. The first-order valence-corrected chi connectivity index (χ1v) is 7.46. The predicted octanol–water partition coefficient (Wildman–Crippen LogP) is 1.35. The quantitative estimate of drug-likeness (QED) is 0.710. The van der Waals surface area contributed by atoms with E-state index in [1.54, 1.807) is 17.2 Å². The monoisotopic (exact) mass is 323 g/mol. The fraction of sp³-hybridized carbons (Fsp3) is 0.188. The molecule has 0 aliphatic heterocycles. The lowest BCUT2D eigenvalue weighted by atomic mass is 10.1. The number of rotatable bonds is 6. The molecule has 2 N–H and O–H groups in total. The number of nitrogens with zero attached hydrogens (tertiary/aromatic N) is 5. The second kappa shape index (κ2) is 7.42. The van der Waals surface area contributed by atoms with Gasteiger partial charge < -0.3 is 10.6 Å². The molecule has 0 aliphatic carbocycles. The Hall–Kier alpha value is -3.13. The Morgan fingerprint density at radius 1 is 1.21 bits per heavy atom. The highest BCUT2D eigenvalue weighted by Gasteiger charge is 2.09. The summed E-state index contributed by atoms with van der Waals surface area (Å²) in [4.78, 5) is 23.7. The topological polar surface area (TPSA) is 97.6 Å². The zero-order valence-corrected chi connectivity index (χ0v) is 13.1. The minimum atomic E-state index is -0.165. The first-order valence-electron chi connectivity index (χ1n) is 7.46. The van der Waals surface area contributed by atoms with Crippen molar-refractivity contribution in [3.63, 3.8) is 0 Å². The van der Waals surface area contributed by atoms with Crippen molar-refractivity contribution in [2.24, 2.45) is 0 Å². The summed E-state index contributed by atoms with van der Waals surface area (Å²) in [5, 5.41) is 9.95. The third kappa shape index (κ3) is 3.99. The van der Waals surface area contributed by atoms with Gasteiger partial charge in [0.05, 0.1) is 18.4 Å². The van der Waals surface area contributed by atoms with E-state index in [4.69, 9.17) is 0 Å². The van der Waals surface area contributed by atoms with E-state index in [0.717, 1.165) is 11.3 Å². The molecule has 2 heterocycles. The summed E-state index contributed by atoms with van der Waals surface area (Å²) in [6.45, 7) is 2.18. The maximum atomic E-state index is 11.9. The van der Waals surface area contributed by atoms with Crippen LogP contribution in [0.4, 0.5) is 5.82 Å². The normalized spacial score (nSPS) is 11.9. The van der Waals surface area contributed by atoms with Crippen molar-refractivity contribution in [2.75, 3.05) is 11.9 Å². The third-order valence-electron chi connectivity index (χ3n) is 3.48. The fourth-order valence-electron chi connectivity index (χ4n) is 2.17. The van der Waals surface area contributed by atoms with Gasteiger partial charge in [-0.3, -0.25) is 9.78 Å². The molecule has 0 aliphatic rings. The van der Waals surface area contributed by atoms with E-state index in [9.17, 15) is 4.79 Å². The standard InChI is InChI=1S/C16H17N7O/c1-12(20-9-16(24)22-15-8-17-6-7-19-15)13-2-4-14(5-3-13)23-11-18-10-21-23/h2-8,10-12,20H,9H2,1H3,(H,19,22,24)/t12-/m1/s1. The van der Waals surface area contributed by atoms with Gasteiger partial charge in [0.2, 0.25) is 5.91 Å². The molecule has 1 amide bonds. The second-order valence-electron chi connectivity index (χ2n) is 5.17. The molecule has 0 saturated carbocycles. The van der Waals surface area contributed by atoms with E-state index in [1.165, 1.54) is 18.7 Å². The number of aromatic nitrogens is 5. The van der Waals surface area contributed by atoms with Gasteiger partial charge in [0.1, 0.15) is 12.7 Å². The van der Waals surface area contributed by atoms with Gasteiger partial charge in [0.15, 0.2) is 5.82 Å². The van der Waals surface area contributed by atoms with Crippen LogP contribution in [0.3, 0.4) is 0 Å². The van der Waals surface area contributed by atoms with E-state index < -0.39 is 0 Å². The van der Waals surface area contributed by atoms with E-state index in [0.29, 0.717) is 5.82 Å². The van der Waals surface area contributed by atoms with Crippen LogP contribution in [0.15, 0.2) is 55.5 Å². The molecule has 8 nitrogen and oxygen atoms in total. The summed E-state index contributed by atoms with van der Waals surface area (Å²) in [6, 6.07) is 7.94. The largest absolute Gasteiger partial charge is 0.308 e. The molecule has 1 atom stereocenters. The van der Waals surface area contributed by atoms with E-state index in [-0.39, 0.29) is 18.5 Å². The molecule has 0 bridgehead atoms. The SMILES string of the molecule is C[C@@H](NCC(=O)Nc1cnccn1)c1ccc(-n2cncn2)cc1. The van der Waals surface area contributed by atoms with Crippen LogP contribution in [0.2, 0.25) is 0 Å². The second-order valence-corrected chi connectivity index (χ2v) is 5.17. The van der Waals surface area contributed by atoms with Gasteiger partial charge >= 0.3 is 0 Å². The van der Waals surface area contributed by atoms with Crippen LogP contribution in [0.5, 0.6) is 0 Å². The number of amides is 1. The van der Waals surface area contributed by atoms with Crippen molar-refractivity contribution in [1.82, 2.24) is 30.0 Å². The molecule has 8 heteroatoms. The highest BCUT2D eigenvalue weighted by molar-refractivity contribution is 5.91. The molecule has 2 aromatic heterocycles. The molecule has 3 rings (SSSR count). The van der Waals surface area contributed by atoms with Crippen LogP contribution in [-0.4, -0.2) is 37.2 Å². The van der Waals surface area contributed by atoms with Gasteiger partial charge in [0, 0.05) is 18.4 Å². The van der Waals surface area contributed by atoms with Crippen molar-refractivity contribution in [2.45, 2.75) is 13.0 Å². The zero-order chi connectivity index (χ0) is 16.8. The number of hydrogen-bond donors (Lipinski definition) is 2. The van der Waals surface area contributed by atoms with E-state index in [1.807, 2.05) is 31.2 Å². The Labute approximate surface area is 139 Å². The lowest BCUT2D eigenvalue weighted by molar-refractivity contribution is -0.115. The lowest BCUT2D eigenvalue weighted by Crippen LogP contribution is -2.30. The summed E-state index contributed by atoms with van der Waals surface area (Å²) in [5.41, 5.74) is 2.01. The van der Waals surface area contributed by atoms with Gasteiger partial charge in [-0.2, -0.15) is 5.10 Å². The molecule has 0 spiro atoms. The molecule has 0 radical (unpaired) electrons. The van der Waals surface area contributed by atoms with Crippen LogP contribution < -0.4 is 10.6 Å². The Morgan fingerprint density at radius 3 is 2.71 bits per heavy atom. The maximum Gasteiger partial charge on any atom is 0.239 e. The van der Waals surface area contributed by atoms with Crippen LogP contribution in [0.25, 0.3) is 5.69 Å². The predicted molar refractivity (Wildman–Crippen MR) is 88.4 cm³/mol. The number of carbonyl (C=O) groups excluding carboxylic acids is 1. The van der Waals surface area contributed by atoms with Crippen LogP contribution in [0, 0.1) is 0 Å². The van der Waals surface area contributed by atoms with Crippen molar-refractivity contribution in [3.8, 4) is 5.69 Å². The highest BCUT2D eigenvalue weighted by atomic mass is 16.2. The average Bonchev–Trinajstić information content (AvgIpc) is 3.15. The summed E-state index contributed by atoms with van der Waals surface area (Å²) in [5.74, 6) is 0.274. The van der Waals surface area contributed by atoms with Crippen molar-refractivity contribution in [3.05, 3.63) is 61.1 Å². The molecule has 3 aromatic rings. The summed E-state index contributed by atoms with van der Waals surface area (Å²) >= 11 is 0. The highest BCUT2D eigenvalue weighted by Crippen LogP contribution is 2.14. The Morgan fingerprint density at radius 2 is 2.04 bits per heavy atom. The Bertz CT molecular complexity index is 772. The number of hydrogen-bond acceptors (Lipinski definition) is 6. The van der Waals surface area contributed by atoms with Gasteiger partial charge in [-0.15, -0.1) is 0 Å². The molecule has 0 saturated heterocycles. The molecular formula is C16H17N7O. The summed E-state index contributed by atoms with van der Waals surface area (Å²) in [7, 11) is 0. The van der Waals surface area contributed by atoms with Crippen molar-refractivity contribution in [1.29, 1.82) is 0 Å². The number of carbonyl (C=O) groups is 1. The number of nitrogens with one attached hydrogen (secondary N) is 2. The molecule has 24 heavy (non-hydrogen) atoms. The van der Waals surface area contributed by atoms with Gasteiger partial charge in [-0.25, -0.2) is 14.6 Å². The summed E-state index contributed by atoms with van der Waals surface area (Å²) < 4.78 is 1.69.